The molecule has 0 spiro atoms. The Kier molecular flexibility index (Phi) is 6.44. The van der Waals surface area contributed by atoms with E-state index < -0.39 is 7.80 Å². The molecule has 0 aliphatic carbocycles. The summed E-state index contributed by atoms with van der Waals surface area (Å²) in [5.74, 6) is 2.68. The van der Waals surface area contributed by atoms with Crippen molar-refractivity contribution in [2.75, 3.05) is 28.4 Å². The van der Waals surface area contributed by atoms with Crippen molar-refractivity contribution in [1.29, 1.82) is 0 Å². The molecule has 24 heavy (non-hydrogen) atoms. The first-order valence-electron chi connectivity index (χ1n) is 7.46. The zero-order valence-corrected chi connectivity index (χ0v) is 15.3. The molecule has 2 aromatic carbocycles. The Hall–Kier alpha value is -2.26. The number of rotatable bonds is 8. The van der Waals surface area contributed by atoms with Gasteiger partial charge in [0.2, 0.25) is 0 Å². The number of hydrogen-bond acceptors (Lipinski definition) is 5. The van der Waals surface area contributed by atoms with Crippen LogP contribution in [0.25, 0.3) is 0 Å². The molecule has 0 unspecified atom stereocenters. The maximum absolute atomic E-state index is 12.8. The summed E-state index contributed by atoms with van der Waals surface area (Å²) in [6.07, 6.45) is 0.702. The quantitative estimate of drug-likeness (QED) is 0.667. The molecule has 0 atom stereocenters. The van der Waals surface area contributed by atoms with E-state index in [9.17, 15) is 4.57 Å². The number of hydrogen-bond donors (Lipinski definition) is 0. The fraction of sp³-hybridized carbons (Fsp3) is 0.333. The maximum atomic E-state index is 12.8. The second-order valence-electron chi connectivity index (χ2n) is 5.08. The van der Waals surface area contributed by atoms with Gasteiger partial charge in [0, 0.05) is 0 Å². The largest absolute Gasteiger partial charge is 0.496 e. The summed E-state index contributed by atoms with van der Waals surface area (Å²) in [6, 6.07) is 11.0. The summed E-state index contributed by atoms with van der Waals surface area (Å²) in [7, 11) is 4.78. The van der Waals surface area contributed by atoms with Crippen LogP contribution in [0.3, 0.4) is 0 Å². The first-order valence-corrected chi connectivity index (χ1v) is 9.09. The molecule has 2 rings (SSSR count). The molecule has 0 aliphatic rings. The van der Waals surface area contributed by atoms with E-state index in [0.717, 1.165) is 11.1 Å². The Bertz CT molecular complexity index is 611. The smallest absolute Gasteiger partial charge is 0.348 e. The second-order valence-corrected chi connectivity index (χ2v) is 6.68. The van der Waals surface area contributed by atoms with Gasteiger partial charge in [0.25, 0.3) is 0 Å². The molecular weight excluding hydrogens is 327 g/mol. The maximum Gasteiger partial charge on any atom is 0.348 e. The van der Waals surface area contributed by atoms with E-state index in [2.05, 4.69) is 0 Å². The van der Waals surface area contributed by atoms with E-state index >= 15 is 0 Å². The number of benzene rings is 2. The Morgan fingerprint density at radius 2 is 0.958 bits per heavy atom. The molecule has 0 aromatic heterocycles. The van der Waals surface area contributed by atoms with Crippen LogP contribution < -0.4 is 18.9 Å². The van der Waals surface area contributed by atoms with E-state index in [1.165, 1.54) is 0 Å². The van der Waals surface area contributed by atoms with Gasteiger partial charge in [-0.25, -0.2) is 0 Å². The number of ether oxygens (including phenoxy) is 4. The SMILES string of the molecule is COc1cccc(OC)c1C[P+](=O)Cc1c(OC)cccc1OC. The molecule has 0 saturated heterocycles. The van der Waals surface area contributed by atoms with Gasteiger partial charge < -0.3 is 18.9 Å². The van der Waals surface area contributed by atoms with Crippen LogP contribution in [0.4, 0.5) is 0 Å². The van der Waals surface area contributed by atoms with Crippen LogP contribution in [0.5, 0.6) is 23.0 Å². The van der Waals surface area contributed by atoms with Gasteiger partial charge in [-0.1, -0.05) is 16.7 Å². The first kappa shape index (κ1) is 18.1. The van der Waals surface area contributed by atoms with Gasteiger partial charge in [0.05, 0.1) is 39.6 Å². The highest BCUT2D eigenvalue weighted by atomic mass is 31.1. The minimum atomic E-state index is -1.59. The highest BCUT2D eigenvalue weighted by Crippen LogP contribution is 2.42. The average Bonchev–Trinajstić information content (AvgIpc) is 2.61. The summed E-state index contributed by atoms with van der Waals surface area (Å²) in [4.78, 5) is 0. The lowest BCUT2D eigenvalue weighted by molar-refractivity contribution is 0.386. The average molecular weight is 349 g/mol. The van der Waals surface area contributed by atoms with Crippen molar-refractivity contribution < 1.29 is 23.5 Å². The summed E-state index contributed by atoms with van der Waals surface area (Å²) in [5.41, 5.74) is 1.61. The zero-order valence-electron chi connectivity index (χ0n) is 14.4. The minimum absolute atomic E-state index is 0.351. The lowest BCUT2D eigenvalue weighted by Crippen LogP contribution is -1.98. The van der Waals surface area contributed by atoms with Crippen LogP contribution in [0.2, 0.25) is 0 Å². The molecule has 0 bridgehead atoms. The van der Waals surface area contributed by atoms with Gasteiger partial charge in [-0.05, 0) is 24.3 Å². The van der Waals surface area contributed by atoms with Crippen molar-refractivity contribution in [3.63, 3.8) is 0 Å². The lowest BCUT2D eigenvalue weighted by atomic mass is 10.2. The van der Waals surface area contributed by atoms with E-state index in [4.69, 9.17) is 18.9 Å². The fourth-order valence-electron chi connectivity index (χ4n) is 2.58. The molecule has 0 fully saturated rings. The molecule has 0 radical (unpaired) electrons. The third-order valence-corrected chi connectivity index (χ3v) is 5.07. The van der Waals surface area contributed by atoms with Gasteiger partial charge in [-0.15, -0.1) is 0 Å². The van der Waals surface area contributed by atoms with Gasteiger partial charge in [-0.3, -0.25) is 0 Å². The Labute approximate surface area is 143 Å². The van der Waals surface area contributed by atoms with Crippen molar-refractivity contribution in [2.24, 2.45) is 0 Å². The molecule has 0 heterocycles. The standard InChI is InChI=1S/C18H22O5P/c1-20-15-7-5-8-16(21-2)13(15)11-24(19)12-14-17(22-3)9-6-10-18(14)23-4/h5-10H,11-12H2,1-4H3/q+1. The van der Waals surface area contributed by atoms with Crippen molar-refractivity contribution >= 4 is 7.80 Å². The van der Waals surface area contributed by atoms with Crippen LogP contribution in [0, 0.1) is 0 Å². The summed E-state index contributed by atoms with van der Waals surface area (Å²) in [6.45, 7) is 0. The van der Waals surface area contributed by atoms with Crippen LogP contribution >= 0.6 is 7.80 Å². The minimum Gasteiger partial charge on any atom is -0.496 e. The third kappa shape index (κ3) is 3.98. The highest BCUT2D eigenvalue weighted by molar-refractivity contribution is 7.43. The third-order valence-electron chi connectivity index (χ3n) is 3.73. The van der Waals surface area contributed by atoms with E-state index in [1.54, 1.807) is 28.4 Å². The fourth-order valence-corrected chi connectivity index (χ4v) is 4.02. The van der Waals surface area contributed by atoms with Gasteiger partial charge in [0.15, 0.2) is 12.3 Å². The van der Waals surface area contributed by atoms with Gasteiger partial charge in [0.1, 0.15) is 23.0 Å². The van der Waals surface area contributed by atoms with E-state index in [1.807, 2.05) is 36.4 Å². The predicted molar refractivity (Wildman–Crippen MR) is 94.1 cm³/mol. The van der Waals surface area contributed by atoms with Crippen molar-refractivity contribution in [1.82, 2.24) is 0 Å². The van der Waals surface area contributed by atoms with Crippen molar-refractivity contribution in [3.05, 3.63) is 47.5 Å². The molecule has 0 saturated carbocycles. The molecule has 2 aromatic rings. The monoisotopic (exact) mass is 349 g/mol. The van der Waals surface area contributed by atoms with E-state index in [-0.39, 0.29) is 0 Å². The number of methoxy groups -OCH3 is 4. The zero-order chi connectivity index (χ0) is 17.5. The molecule has 0 amide bonds. The summed E-state index contributed by atoms with van der Waals surface area (Å²) < 4.78 is 34.3. The van der Waals surface area contributed by atoms with Crippen LogP contribution in [-0.4, -0.2) is 28.4 Å². The van der Waals surface area contributed by atoms with Crippen LogP contribution in [-0.2, 0) is 16.9 Å². The molecule has 0 aliphatic heterocycles. The molecule has 0 N–H and O–H groups in total. The van der Waals surface area contributed by atoms with Crippen LogP contribution in [0.1, 0.15) is 11.1 Å². The van der Waals surface area contributed by atoms with Gasteiger partial charge >= 0.3 is 7.80 Å². The molecule has 128 valence electrons. The van der Waals surface area contributed by atoms with Gasteiger partial charge in [-0.2, -0.15) is 0 Å². The molecule has 6 heteroatoms. The van der Waals surface area contributed by atoms with E-state index in [0.29, 0.717) is 35.3 Å². The first-order chi connectivity index (χ1) is 11.6. The van der Waals surface area contributed by atoms with Crippen molar-refractivity contribution in [2.45, 2.75) is 12.3 Å². The Morgan fingerprint density at radius 3 is 1.21 bits per heavy atom. The second kappa shape index (κ2) is 8.55. The summed E-state index contributed by atoms with van der Waals surface area (Å²) >= 11 is 0. The van der Waals surface area contributed by atoms with Crippen LogP contribution in [0.15, 0.2) is 36.4 Å². The van der Waals surface area contributed by atoms with Crippen molar-refractivity contribution in [3.8, 4) is 23.0 Å². The topological polar surface area (TPSA) is 54.0 Å². The predicted octanol–water partition coefficient (Wildman–Crippen LogP) is 4.25. The Balaban J connectivity index is 2.27. The molecule has 5 nitrogen and oxygen atoms in total. The Morgan fingerprint density at radius 1 is 0.667 bits per heavy atom. The lowest BCUT2D eigenvalue weighted by Gasteiger charge is -2.11. The summed E-state index contributed by atoms with van der Waals surface area (Å²) in [5, 5.41) is 0. The highest BCUT2D eigenvalue weighted by Gasteiger charge is 2.26. The normalized spacial score (nSPS) is 10.2. The molecular formula is C18H22O5P+.